The molecule has 2 aromatic rings. The number of rotatable bonds is 4. The first kappa shape index (κ1) is 11.5. The van der Waals surface area contributed by atoms with Crippen LogP contribution in [0.15, 0.2) is 24.4 Å². The molecule has 0 aliphatic heterocycles. The number of nitrogens with zero attached hydrogens (tertiary/aromatic N) is 1. The second kappa shape index (κ2) is 4.89. The predicted molar refractivity (Wildman–Crippen MR) is 68.2 cm³/mol. The van der Waals surface area contributed by atoms with E-state index >= 15 is 0 Å². The minimum absolute atomic E-state index is 0.797. The molecule has 0 fully saturated rings. The second-order valence-corrected chi connectivity index (χ2v) is 4.45. The van der Waals surface area contributed by atoms with Crippen LogP contribution in [0.2, 0.25) is 5.02 Å². The smallest absolute Gasteiger partial charge is 0.0484 e. The molecule has 0 N–H and O–H groups in total. The summed E-state index contributed by atoms with van der Waals surface area (Å²) in [6.07, 6.45) is 3.21. The van der Waals surface area contributed by atoms with Crippen molar-refractivity contribution in [2.45, 2.75) is 19.9 Å². The molecule has 3 heteroatoms. The monoisotopic (exact) mass is 237 g/mol. The largest absolute Gasteiger partial charge is 0.385 e. The minimum Gasteiger partial charge on any atom is -0.385 e. The first-order valence-corrected chi connectivity index (χ1v) is 5.84. The van der Waals surface area contributed by atoms with Crippen molar-refractivity contribution in [2.75, 3.05) is 13.7 Å². The van der Waals surface area contributed by atoms with Crippen molar-refractivity contribution in [3.63, 3.8) is 0 Å². The van der Waals surface area contributed by atoms with E-state index in [0.717, 1.165) is 24.6 Å². The van der Waals surface area contributed by atoms with Crippen molar-refractivity contribution in [1.29, 1.82) is 0 Å². The molecule has 0 aliphatic rings. The van der Waals surface area contributed by atoms with Crippen LogP contribution in [0, 0.1) is 6.92 Å². The third kappa shape index (κ3) is 2.23. The molecule has 1 aromatic carbocycles. The fraction of sp³-hybridized carbons (Fsp3) is 0.385. The lowest BCUT2D eigenvalue weighted by Crippen LogP contribution is -1.99. The van der Waals surface area contributed by atoms with Gasteiger partial charge in [-0.3, -0.25) is 0 Å². The average Bonchev–Trinajstić information content (AvgIpc) is 2.56. The van der Waals surface area contributed by atoms with E-state index in [1.165, 1.54) is 16.5 Å². The summed E-state index contributed by atoms with van der Waals surface area (Å²) >= 11 is 6.00. The van der Waals surface area contributed by atoms with Gasteiger partial charge in [0.15, 0.2) is 0 Å². The molecule has 0 saturated heterocycles. The number of methoxy groups -OCH3 is 1. The summed E-state index contributed by atoms with van der Waals surface area (Å²) < 4.78 is 7.33. The Morgan fingerprint density at radius 1 is 1.38 bits per heavy atom. The molecule has 86 valence electrons. The van der Waals surface area contributed by atoms with E-state index in [9.17, 15) is 0 Å². The van der Waals surface area contributed by atoms with Gasteiger partial charge < -0.3 is 9.30 Å². The van der Waals surface area contributed by atoms with E-state index in [2.05, 4.69) is 23.8 Å². The number of aromatic nitrogens is 1. The lowest BCUT2D eigenvalue weighted by molar-refractivity contribution is 0.190. The van der Waals surface area contributed by atoms with Crippen molar-refractivity contribution >= 4 is 22.5 Å². The quantitative estimate of drug-likeness (QED) is 0.741. The molecule has 0 unspecified atom stereocenters. The van der Waals surface area contributed by atoms with Crippen LogP contribution in [0.4, 0.5) is 0 Å². The SMILES string of the molecule is COCCCn1cc(C)c2cc(Cl)ccc21. The lowest BCUT2D eigenvalue weighted by atomic mass is 10.2. The minimum atomic E-state index is 0.797. The highest BCUT2D eigenvalue weighted by Gasteiger charge is 2.05. The standard InChI is InChI=1S/C13H16ClNO/c1-10-9-15(6-3-7-16-2)13-5-4-11(14)8-12(10)13/h4-5,8-9H,3,6-7H2,1-2H3. The van der Waals surface area contributed by atoms with Crippen molar-refractivity contribution in [3.8, 4) is 0 Å². The maximum absolute atomic E-state index is 6.00. The van der Waals surface area contributed by atoms with Gasteiger partial charge in [0.05, 0.1) is 0 Å². The van der Waals surface area contributed by atoms with Crippen LogP contribution in [-0.4, -0.2) is 18.3 Å². The number of fused-ring (bicyclic) bond motifs is 1. The highest BCUT2D eigenvalue weighted by atomic mass is 35.5. The Morgan fingerprint density at radius 3 is 2.94 bits per heavy atom. The van der Waals surface area contributed by atoms with Crippen molar-refractivity contribution < 1.29 is 4.74 Å². The van der Waals surface area contributed by atoms with Crippen molar-refractivity contribution in [1.82, 2.24) is 4.57 Å². The molecule has 0 saturated carbocycles. The Balaban J connectivity index is 2.32. The number of hydrogen-bond donors (Lipinski definition) is 0. The van der Waals surface area contributed by atoms with Gasteiger partial charge in [0, 0.05) is 42.4 Å². The average molecular weight is 238 g/mol. The molecule has 0 spiro atoms. The van der Waals surface area contributed by atoms with Gasteiger partial charge in [0.25, 0.3) is 0 Å². The summed E-state index contributed by atoms with van der Waals surface area (Å²) in [4.78, 5) is 0. The molecule has 2 rings (SSSR count). The topological polar surface area (TPSA) is 14.2 Å². The van der Waals surface area contributed by atoms with E-state index in [1.54, 1.807) is 7.11 Å². The summed E-state index contributed by atoms with van der Waals surface area (Å²) in [5, 5.41) is 2.04. The van der Waals surface area contributed by atoms with Crippen LogP contribution in [0.25, 0.3) is 10.9 Å². The normalized spacial score (nSPS) is 11.2. The first-order chi connectivity index (χ1) is 7.72. The summed E-state index contributed by atoms with van der Waals surface area (Å²) in [5.74, 6) is 0. The van der Waals surface area contributed by atoms with Gasteiger partial charge in [-0.15, -0.1) is 0 Å². The Bertz CT molecular complexity index is 490. The molecular weight excluding hydrogens is 222 g/mol. The molecule has 1 heterocycles. The number of ether oxygens (including phenoxy) is 1. The number of halogens is 1. The van der Waals surface area contributed by atoms with Gasteiger partial charge >= 0.3 is 0 Å². The van der Waals surface area contributed by atoms with Crippen LogP contribution >= 0.6 is 11.6 Å². The van der Waals surface area contributed by atoms with Crippen LogP contribution in [0.3, 0.4) is 0 Å². The van der Waals surface area contributed by atoms with Gasteiger partial charge in [-0.1, -0.05) is 11.6 Å². The third-order valence-electron chi connectivity index (χ3n) is 2.79. The summed E-state index contributed by atoms with van der Waals surface area (Å²) in [6, 6.07) is 6.05. The van der Waals surface area contributed by atoms with Gasteiger partial charge in [-0.2, -0.15) is 0 Å². The number of benzene rings is 1. The van der Waals surface area contributed by atoms with Gasteiger partial charge in [-0.05, 0) is 37.1 Å². The van der Waals surface area contributed by atoms with Crippen molar-refractivity contribution in [2.24, 2.45) is 0 Å². The van der Waals surface area contributed by atoms with Gasteiger partial charge in [-0.25, -0.2) is 0 Å². The highest BCUT2D eigenvalue weighted by molar-refractivity contribution is 6.31. The Hall–Kier alpha value is -0.990. The van der Waals surface area contributed by atoms with E-state index in [-0.39, 0.29) is 0 Å². The second-order valence-electron chi connectivity index (χ2n) is 4.01. The fourth-order valence-corrected chi connectivity index (χ4v) is 2.18. The molecule has 0 atom stereocenters. The predicted octanol–water partition coefficient (Wildman–Crippen LogP) is 3.64. The van der Waals surface area contributed by atoms with Crippen molar-refractivity contribution in [3.05, 3.63) is 35.0 Å². The molecule has 2 nitrogen and oxygen atoms in total. The maximum Gasteiger partial charge on any atom is 0.0484 e. The van der Waals surface area contributed by atoms with Crippen LogP contribution < -0.4 is 0 Å². The van der Waals surface area contributed by atoms with Gasteiger partial charge in [0.2, 0.25) is 0 Å². The molecule has 16 heavy (non-hydrogen) atoms. The molecule has 1 aromatic heterocycles. The van der Waals surface area contributed by atoms with E-state index in [4.69, 9.17) is 16.3 Å². The fourth-order valence-electron chi connectivity index (χ4n) is 2.01. The van der Waals surface area contributed by atoms with E-state index in [0.29, 0.717) is 0 Å². The Morgan fingerprint density at radius 2 is 2.19 bits per heavy atom. The molecule has 0 amide bonds. The zero-order chi connectivity index (χ0) is 11.5. The maximum atomic E-state index is 6.00. The van der Waals surface area contributed by atoms with Crippen LogP contribution in [0.5, 0.6) is 0 Å². The molecular formula is C13H16ClNO. The first-order valence-electron chi connectivity index (χ1n) is 5.46. The van der Waals surface area contributed by atoms with Crippen LogP contribution in [0.1, 0.15) is 12.0 Å². The lowest BCUT2D eigenvalue weighted by Gasteiger charge is -2.04. The highest BCUT2D eigenvalue weighted by Crippen LogP contribution is 2.24. The van der Waals surface area contributed by atoms with E-state index in [1.807, 2.05) is 12.1 Å². The third-order valence-corrected chi connectivity index (χ3v) is 3.02. The zero-order valence-electron chi connectivity index (χ0n) is 9.66. The number of hydrogen-bond acceptors (Lipinski definition) is 1. The molecule has 0 aliphatic carbocycles. The summed E-state index contributed by atoms with van der Waals surface area (Å²) in [6.45, 7) is 3.90. The number of aryl methyl sites for hydroxylation is 2. The zero-order valence-corrected chi connectivity index (χ0v) is 10.4. The Labute approximate surface area is 101 Å². The van der Waals surface area contributed by atoms with Crippen LogP contribution in [-0.2, 0) is 11.3 Å². The summed E-state index contributed by atoms with van der Waals surface area (Å²) in [5.41, 5.74) is 2.52. The molecule has 0 bridgehead atoms. The molecule has 0 radical (unpaired) electrons. The summed E-state index contributed by atoms with van der Waals surface area (Å²) in [7, 11) is 1.73. The Kier molecular flexibility index (Phi) is 3.52. The van der Waals surface area contributed by atoms with E-state index < -0.39 is 0 Å². The van der Waals surface area contributed by atoms with Gasteiger partial charge in [0.1, 0.15) is 0 Å².